The first kappa shape index (κ1) is 15.1. The Bertz CT molecular complexity index is 1010. The highest BCUT2D eigenvalue weighted by molar-refractivity contribution is 7.16. The van der Waals surface area contributed by atoms with Crippen LogP contribution in [-0.4, -0.2) is 10.5 Å². The molecule has 0 atom stereocenters. The minimum absolute atomic E-state index is 0.122. The van der Waals surface area contributed by atoms with Gasteiger partial charge in [-0.3, -0.25) is 4.79 Å². The van der Waals surface area contributed by atoms with Gasteiger partial charge in [0.2, 0.25) is 0 Å². The first-order chi connectivity index (χ1) is 11.1. The highest BCUT2D eigenvalue weighted by Crippen LogP contribution is 2.18. The van der Waals surface area contributed by atoms with Gasteiger partial charge in [-0.15, -0.1) is 6.42 Å². The zero-order valence-electron chi connectivity index (χ0n) is 11.8. The van der Waals surface area contributed by atoms with Gasteiger partial charge in [0.05, 0.1) is 22.3 Å². The van der Waals surface area contributed by atoms with Crippen molar-refractivity contribution in [3.8, 4) is 12.3 Å². The maximum Gasteiger partial charge on any atom is 0.282 e. The van der Waals surface area contributed by atoms with Gasteiger partial charge in [0.1, 0.15) is 11.6 Å². The summed E-state index contributed by atoms with van der Waals surface area (Å²) in [6, 6.07) is 9.84. The van der Waals surface area contributed by atoms with Crippen molar-refractivity contribution >= 4 is 27.5 Å². The van der Waals surface area contributed by atoms with Crippen molar-refractivity contribution in [1.29, 1.82) is 0 Å². The van der Waals surface area contributed by atoms with Crippen LogP contribution in [0, 0.1) is 24.0 Å². The number of terminal acetylenes is 1. The molecular formula is C17H10F2N2OS. The summed E-state index contributed by atoms with van der Waals surface area (Å²) in [5.41, 5.74) is 0.554. The summed E-state index contributed by atoms with van der Waals surface area (Å²) < 4.78 is 29.3. The van der Waals surface area contributed by atoms with Crippen LogP contribution < -0.4 is 4.80 Å². The molecule has 0 saturated heterocycles. The summed E-state index contributed by atoms with van der Waals surface area (Å²) >= 11 is 1.12. The minimum atomic E-state index is -0.708. The van der Waals surface area contributed by atoms with Crippen molar-refractivity contribution in [2.75, 3.05) is 0 Å². The van der Waals surface area contributed by atoms with Crippen LogP contribution in [0.15, 0.2) is 47.5 Å². The van der Waals surface area contributed by atoms with E-state index < -0.39 is 17.5 Å². The zero-order valence-corrected chi connectivity index (χ0v) is 12.6. The second-order valence-electron chi connectivity index (χ2n) is 4.68. The molecule has 3 nitrogen and oxygen atoms in total. The Morgan fingerprint density at radius 3 is 2.78 bits per heavy atom. The number of fused-ring (bicyclic) bond motifs is 1. The van der Waals surface area contributed by atoms with Gasteiger partial charge in [0.25, 0.3) is 5.91 Å². The third-order valence-electron chi connectivity index (χ3n) is 3.20. The molecule has 1 aromatic heterocycles. The van der Waals surface area contributed by atoms with Gasteiger partial charge in [0.15, 0.2) is 4.80 Å². The highest BCUT2D eigenvalue weighted by Gasteiger charge is 2.12. The molecular weight excluding hydrogens is 318 g/mol. The predicted octanol–water partition coefficient (Wildman–Crippen LogP) is 3.36. The van der Waals surface area contributed by atoms with E-state index in [1.165, 1.54) is 30.3 Å². The van der Waals surface area contributed by atoms with Crippen molar-refractivity contribution < 1.29 is 13.6 Å². The van der Waals surface area contributed by atoms with Crippen molar-refractivity contribution in [2.45, 2.75) is 6.54 Å². The van der Waals surface area contributed by atoms with E-state index in [0.717, 1.165) is 11.3 Å². The van der Waals surface area contributed by atoms with Crippen LogP contribution in [0.25, 0.3) is 10.2 Å². The summed E-state index contributed by atoms with van der Waals surface area (Å²) in [4.78, 5) is 16.5. The Morgan fingerprint density at radius 1 is 1.26 bits per heavy atom. The lowest BCUT2D eigenvalue weighted by Gasteiger charge is -2.00. The third-order valence-corrected chi connectivity index (χ3v) is 4.24. The molecule has 0 spiro atoms. The quantitative estimate of drug-likeness (QED) is 0.664. The van der Waals surface area contributed by atoms with Crippen molar-refractivity contribution in [3.63, 3.8) is 0 Å². The molecule has 0 saturated carbocycles. The largest absolute Gasteiger partial charge is 0.305 e. The molecule has 0 aliphatic carbocycles. The molecule has 114 valence electrons. The summed E-state index contributed by atoms with van der Waals surface area (Å²) in [7, 11) is 0. The molecule has 1 heterocycles. The van der Waals surface area contributed by atoms with E-state index in [1.807, 2.05) is 0 Å². The number of carbonyl (C=O) groups excluding carboxylic acids is 1. The first-order valence-electron chi connectivity index (χ1n) is 6.66. The Labute approximate surface area is 134 Å². The molecule has 0 aliphatic rings. The van der Waals surface area contributed by atoms with Crippen LogP contribution >= 0.6 is 11.3 Å². The fourth-order valence-electron chi connectivity index (χ4n) is 2.16. The van der Waals surface area contributed by atoms with E-state index in [-0.39, 0.29) is 12.1 Å². The monoisotopic (exact) mass is 328 g/mol. The number of rotatable bonds is 2. The van der Waals surface area contributed by atoms with Crippen molar-refractivity contribution in [1.82, 2.24) is 4.57 Å². The van der Waals surface area contributed by atoms with Crippen LogP contribution in [0.1, 0.15) is 10.4 Å². The van der Waals surface area contributed by atoms with E-state index in [0.29, 0.717) is 15.0 Å². The second kappa shape index (κ2) is 6.15. The fraction of sp³-hybridized carbons (Fsp3) is 0.0588. The van der Waals surface area contributed by atoms with Gasteiger partial charge >= 0.3 is 0 Å². The normalized spacial score (nSPS) is 11.6. The highest BCUT2D eigenvalue weighted by atomic mass is 32.1. The van der Waals surface area contributed by atoms with Crippen LogP contribution in [-0.2, 0) is 6.54 Å². The number of nitrogens with zero attached hydrogens (tertiary/aromatic N) is 2. The lowest BCUT2D eigenvalue weighted by molar-refractivity contribution is 0.0994. The standard InChI is InChI=1S/C17H10F2N2OS/c1-2-9-21-14-8-7-11(18)10-15(14)23-17(21)20-16(22)12-5-3-4-6-13(12)19/h1,3-8,10H,9H2. The topological polar surface area (TPSA) is 34.4 Å². The number of aromatic nitrogens is 1. The van der Waals surface area contributed by atoms with Gasteiger partial charge < -0.3 is 4.57 Å². The second-order valence-corrected chi connectivity index (χ2v) is 5.69. The van der Waals surface area contributed by atoms with Crippen LogP contribution in [0.5, 0.6) is 0 Å². The van der Waals surface area contributed by atoms with E-state index in [2.05, 4.69) is 10.9 Å². The summed E-state index contributed by atoms with van der Waals surface area (Å²) in [5.74, 6) is 0.733. The smallest absolute Gasteiger partial charge is 0.282 e. The predicted molar refractivity (Wildman–Crippen MR) is 84.9 cm³/mol. The Hall–Kier alpha value is -2.78. The van der Waals surface area contributed by atoms with Crippen LogP contribution in [0.3, 0.4) is 0 Å². The number of carbonyl (C=O) groups is 1. The molecule has 1 amide bonds. The molecule has 0 fully saturated rings. The molecule has 0 radical (unpaired) electrons. The lowest BCUT2D eigenvalue weighted by atomic mass is 10.2. The average molecular weight is 328 g/mol. The number of hydrogen-bond acceptors (Lipinski definition) is 2. The molecule has 6 heteroatoms. The summed E-state index contributed by atoms with van der Waals surface area (Å²) in [6.45, 7) is 0.176. The van der Waals surface area contributed by atoms with Gasteiger partial charge in [-0.2, -0.15) is 4.99 Å². The van der Waals surface area contributed by atoms with Crippen LogP contribution in [0.4, 0.5) is 8.78 Å². The van der Waals surface area contributed by atoms with Crippen molar-refractivity contribution in [2.24, 2.45) is 4.99 Å². The SMILES string of the molecule is C#CCn1c(=NC(=O)c2ccccc2F)sc2cc(F)ccc21. The number of benzene rings is 2. The molecule has 3 rings (SSSR count). The number of amides is 1. The van der Waals surface area contributed by atoms with Gasteiger partial charge in [-0.25, -0.2) is 8.78 Å². The van der Waals surface area contributed by atoms with E-state index in [4.69, 9.17) is 6.42 Å². The molecule has 23 heavy (non-hydrogen) atoms. The summed E-state index contributed by atoms with van der Waals surface area (Å²) in [5, 5.41) is 0. The number of hydrogen-bond donors (Lipinski definition) is 0. The molecule has 0 bridgehead atoms. The van der Waals surface area contributed by atoms with E-state index in [9.17, 15) is 13.6 Å². The van der Waals surface area contributed by atoms with Crippen LogP contribution in [0.2, 0.25) is 0 Å². The Kier molecular flexibility index (Phi) is 4.04. The van der Waals surface area contributed by atoms with Gasteiger partial charge in [0, 0.05) is 0 Å². The fourth-order valence-corrected chi connectivity index (χ4v) is 3.21. The van der Waals surface area contributed by atoms with E-state index >= 15 is 0 Å². The van der Waals surface area contributed by atoms with E-state index in [1.54, 1.807) is 16.7 Å². The first-order valence-corrected chi connectivity index (χ1v) is 7.48. The van der Waals surface area contributed by atoms with Crippen molar-refractivity contribution in [3.05, 3.63) is 64.5 Å². The van der Waals surface area contributed by atoms with Gasteiger partial charge in [-0.1, -0.05) is 29.4 Å². The Balaban J connectivity index is 2.19. The minimum Gasteiger partial charge on any atom is -0.305 e. The molecule has 0 unspecified atom stereocenters. The number of halogens is 2. The van der Waals surface area contributed by atoms with Gasteiger partial charge in [-0.05, 0) is 30.3 Å². The lowest BCUT2D eigenvalue weighted by Crippen LogP contribution is -2.16. The average Bonchev–Trinajstić information content (AvgIpc) is 2.84. The number of thiazole rings is 1. The molecule has 2 aromatic carbocycles. The molecule has 0 N–H and O–H groups in total. The zero-order chi connectivity index (χ0) is 16.4. The summed E-state index contributed by atoms with van der Waals surface area (Å²) in [6.07, 6.45) is 5.35. The molecule has 0 aliphatic heterocycles. The Morgan fingerprint density at radius 2 is 2.04 bits per heavy atom. The maximum atomic E-state index is 13.7. The maximum absolute atomic E-state index is 13.7. The molecule has 3 aromatic rings. The third kappa shape index (κ3) is 2.91.